The van der Waals surface area contributed by atoms with E-state index in [0.717, 1.165) is 0 Å². The normalized spacial score (nSPS) is 14.1. The average molecular weight is 254 g/mol. The minimum absolute atomic E-state index is 0.159. The quantitative estimate of drug-likeness (QED) is 0.807. The third kappa shape index (κ3) is 1.78. The lowest BCUT2D eigenvalue weighted by atomic mass is 10.1. The van der Waals surface area contributed by atoms with Gasteiger partial charge in [-0.1, -0.05) is 11.6 Å². The molecule has 1 aliphatic heterocycles. The standard InChI is InChI=1S/C11H8ClNO4/c1-5-2-6-7(3-8(5)12)11(17)13(10(6)16)4-9(14)15/h2-3H,4H2,1H3,(H,14,15). The molecular weight excluding hydrogens is 246 g/mol. The zero-order valence-corrected chi connectivity index (χ0v) is 9.61. The molecule has 1 aliphatic rings. The molecule has 2 amide bonds. The second-order valence-electron chi connectivity index (χ2n) is 3.74. The molecule has 0 fully saturated rings. The molecule has 0 bridgehead atoms. The third-order valence-electron chi connectivity index (χ3n) is 2.54. The number of benzene rings is 1. The number of amides is 2. The Morgan fingerprint density at radius 1 is 1.29 bits per heavy atom. The van der Waals surface area contributed by atoms with Gasteiger partial charge in [0.1, 0.15) is 6.54 Å². The van der Waals surface area contributed by atoms with E-state index in [-0.39, 0.29) is 11.1 Å². The topological polar surface area (TPSA) is 74.7 Å². The Labute approximate surface area is 102 Å². The van der Waals surface area contributed by atoms with Crippen LogP contribution in [0.15, 0.2) is 12.1 Å². The first-order valence-corrected chi connectivity index (χ1v) is 5.17. The number of aliphatic carboxylic acids is 1. The number of aryl methyl sites for hydroxylation is 1. The number of nitrogens with zero attached hydrogens (tertiary/aromatic N) is 1. The monoisotopic (exact) mass is 253 g/mol. The van der Waals surface area contributed by atoms with Gasteiger partial charge >= 0.3 is 5.97 Å². The van der Waals surface area contributed by atoms with Gasteiger partial charge in [-0.3, -0.25) is 19.3 Å². The van der Waals surface area contributed by atoms with E-state index >= 15 is 0 Å². The van der Waals surface area contributed by atoms with Crippen LogP contribution in [-0.4, -0.2) is 34.3 Å². The Morgan fingerprint density at radius 3 is 2.35 bits per heavy atom. The molecule has 0 atom stereocenters. The summed E-state index contributed by atoms with van der Waals surface area (Å²) >= 11 is 5.86. The zero-order chi connectivity index (χ0) is 12.7. The smallest absolute Gasteiger partial charge is 0.323 e. The SMILES string of the molecule is Cc1cc2c(cc1Cl)C(=O)N(CC(=O)O)C2=O. The Morgan fingerprint density at radius 2 is 1.82 bits per heavy atom. The van der Waals surface area contributed by atoms with E-state index in [1.165, 1.54) is 12.1 Å². The Bertz CT molecular complexity index is 512. The first-order valence-electron chi connectivity index (χ1n) is 4.80. The molecule has 5 nitrogen and oxygen atoms in total. The first-order chi connectivity index (χ1) is 7.91. The lowest BCUT2D eigenvalue weighted by Gasteiger charge is -2.09. The lowest BCUT2D eigenvalue weighted by Crippen LogP contribution is -2.34. The van der Waals surface area contributed by atoms with Crippen molar-refractivity contribution in [1.29, 1.82) is 0 Å². The van der Waals surface area contributed by atoms with E-state index in [1.807, 2.05) is 0 Å². The van der Waals surface area contributed by atoms with E-state index in [9.17, 15) is 14.4 Å². The number of carboxylic acid groups (broad SMARTS) is 1. The number of imide groups is 1. The van der Waals surface area contributed by atoms with Crippen LogP contribution in [0.2, 0.25) is 5.02 Å². The fourth-order valence-corrected chi connectivity index (χ4v) is 1.86. The molecule has 0 spiro atoms. The predicted octanol–water partition coefficient (Wildman–Crippen LogP) is 1.33. The van der Waals surface area contributed by atoms with Crippen LogP contribution >= 0.6 is 11.6 Å². The summed E-state index contributed by atoms with van der Waals surface area (Å²) in [6.45, 7) is 1.07. The molecule has 6 heteroatoms. The summed E-state index contributed by atoms with van der Waals surface area (Å²) in [6.07, 6.45) is 0. The van der Waals surface area contributed by atoms with E-state index in [1.54, 1.807) is 6.92 Å². The van der Waals surface area contributed by atoms with Crippen LogP contribution < -0.4 is 0 Å². The van der Waals surface area contributed by atoms with Crippen LogP contribution in [0.1, 0.15) is 26.3 Å². The number of hydrogen-bond donors (Lipinski definition) is 1. The van der Waals surface area contributed by atoms with Gasteiger partial charge in [-0.2, -0.15) is 0 Å². The van der Waals surface area contributed by atoms with Gasteiger partial charge in [-0.25, -0.2) is 0 Å². The van der Waals surface area contributed by atoms with Crippen LogP contribution in [0.3, 0.4) is 0 Å². The van der Waals surface area contributed by atoms with Gasteiger partial charge in [0, 0.05) is 5.02 Å². The van der Waals surface area contributed by atoms with Crippen molar-refractivity contribution in [2.75, 3.05) is 6.54 Å². The maximum Gasteiger partial charge on any atom is 0.323 e. The van der Waals surface area contributed by atoms with E-state index < -0.39 is 24.3 Å². The van der Waals surface area contributed by atoms with E-state index in [0.29, 0.717) is 15.5 Å². The van der Waals surface area contributed by atoms with Crippen LogP contribution in [0.25, 0.3) is 0 Å². The van der Waals surface area contributed by atoms with Gasteiger partial charge in [0.15, 0.2) is 0 Å². The number of rotatable bonds is 2. The third-order valence-corrected chi connectivity index (χ3v) is 2.95. The lowest BCUT2D eigenvalue weighted by molar-refractivity contribution is -0.137. The van der Waals surface area contributed by atoms with Crippen molar-refractivity contribution in [2.24, 2.45) is 0 Å². The molecule has 2 rings (SSSR count). The summed E-state index contributed by atoms with van der Waals surface area (Å²) < 4.78 is 0. The number of hydrogen-bond acceptors (Lipinski definition) is 3. The molecule has 88 valence electrons. The molecule has 1 heterocycles. The molecular formula is C11H8ClNO4. The van der Waals surface area contributed by atoms with Crippen molar-refractivity contribution in [3.8, 4) is 0 Å². The minimum Gasteiger partial charge on any atom is -0.480 e. The van der Waals surface area contributed by atoms with Crippen molar-refractivity contribution in [3.63, 3.8) is 0 Å². The van der Waals surface area contributed by atoms with Gasteiger partial charge in [0.2, 0.25) is 0 Å². The Hall–Kier alpha value is -1.88. The van der Waals surface area contributed by atoms with Crippen LogP contribution in [0.4, 0.5) is 0 Å². The fraction of sp³-hybridized carbons (Fsp3) is 0.182. The highest BCUT2D eigenvalue weighted by atomic mass is 35.5. The molecule has 1 aromatic carbocycles. The number of fused-ring (bicyclic) bond motifs is 1. The van der Waals surface area contributed by atoms with E-state index in [2.05, 4.69) is 0 Å². The van der Waals surface area contributed by atoms with Gasteiger partial charge < -0.3 is 5.11 Å². The highest BCUT2D eigenvalue weighted by Gasteiger charge is 2.37. The molecule has 0 aromatic heterocycles. The molecule has 1 aromatic rings. The molecule has 0 aliphatic carbocycles. The molecule has 0 unspecified atom stereocenters. The zero-order valence-electron chi connectivity index (χ0n) is 8.86. The van der Waals surface area contributed by atoms with Crippen molar-refractivity contribution < 1.29 is 19.5 Å². The highest BCUT2D eigenvalue weighted by Crippen LogP contribution is 2.28. The molecule has 1 N–H and O–H groups in total. The van der Waals surface area contributed by atoms with Crippen LogP contribution in [0, 0.1) is 6.92 Å². The summed E-state index contributed by atoms with van der Waals surface area (Å²) in [6, 6.07) is 2.90. The summed E-state index contributed by atoms with van der Waals surface area (Å²) in [7, 11) is 0. The predicted molar refractivity (Wildman–Crippen MR) is 59.2 cm³/mol. The minimum atomic E-state index is -1.23. The number of carbonyl (C=O) groups is 3. The maximum atomic E-state index is 11.8. The van der Waals surface area contributed by atoms with Crippen LogP contribution in [-0.2, 0) is 4.79 Å². The van der Waals surface area contributed by atoms with Crippen molar-refractivity contribution in [1.82, 2.24) is 4.90 Å². The highest BCUT2D eigenvalue weighted by molar-refractivity contribution is 6.33. The van der Waals surface area contributed by atoms with Crippen molar-refractivity contribution in [3.05, 3.63) is 33.8 Å². The maximum absolute atomic E-state index is 11.8. The summed E-state index contributed by atoms with van der Waals surface area (Å²) in [5.41, 5.74) is 1.04. The molecule has 0 saturated carbocycles. The van der Waals surface area contributed by atoms with Gasteiger partial charge in [-0.15, -0.1) is 0 Å². The summed E-state index contributed by atoms with van der Waals surface area (Å²) in [5, 5.41) is 9.00. The number of carbonyl (C=O) groups excluding carboxylic acids is 2. The van der Waals surface area contributed by atoms with E-state index in [4.69, 9.17) is 16.7 Å². The second kappa shape index (κ2) is 3.85. The Balaban J connectivity index is 2.49. The fourth-order valence-electron chi connectivity index (χ4n) is 1.70. The summed E-state index contributed by atoms with van der Waals surface area (Å²) in [5.74, 6) is -2.44. The largest absolute Gasteiger partial charge is 0.480 e. The Kier molecular flexibility index (Phi) is 2.63. The molecule has 17 heavy (non-hydrogen) atoms. The van der Waals surface area contributed by atoms with Gasteiger partial charge in [-0.05, 0) is 24.6 Å². The number of carboxylic acids is 1. The first kappa shape index (κ1) is 11.6. The van der Waals surface area contributed by atoms with Crippen LogP contribution in [0.5, 0.6) is 0 Å². The van der Waals surface area contributed by atoms with Gasteiger partial charge in [0.05, 0.1) is 11.1 Å². The second-order valence-corrected chi connectivity index (χ2v) is 4.14. The van der Waals surface area contributed by atoms with Crippen molar-refractivity contribution in [2.45, 2.75) is 6.92 Å². The van der Waals surface area contributed by atoms with Gasteiger partial charge in [0.25, 0.3) is 11.8 Å². The molecule has 0 saturated heterocycles. The number of halogens is 1. The van der Waals surface area contributed by atoms with Crippen molar-refractivity contribution >= 4 is 29.4 Å². The molecule has 0 radical (unpaired) electrons. The average Bonchev–Trinajstić information content (AvgIpc) is 2.45. The summed E-state index contributed by atoms with van der Waals surface area (Å²) in [4.78, 5) is 34.9.